The van der Waals surface area contributed by atoms with Crippen LogP contribution < -0.4 is 22.1 Å². The van der Waals surface area contributed by atoms with Crippen LogP contribution in [0.15, 0.2) is 24.3 Å². The molecule has 1 fully saturated rings. The Morgan fingerprint density at radius 1 is 1.11 bits per heavy atom. The van der Waals surface area contributed by atoms with Gasteiger partial charge in [-0.2, -0.15) is 0 Å². The van der Waals surface area contributed by atoms with Gasteiger partial charge in [-0.3, -0.25) is 14.4 Å². The summed E-state index contributed by atoms with van der Waals surface area (Å²) in [7, 11) is 0. The molecule has 0 aromatic heterocycles. The number of carbonyl (C=O) groups excluding carboxylic acids is 3. The van der Waals surface area contributed by atoms with E-state index < -0.39 is 54.0 Å². The molecule has 1 heterocycles. The molecule has 0 radical (unpaired) electrons. The van der Waals surface area contributed by atoms with Crippen molar-refractivity contribution in [1.29, 1.82) is 0 Å². The van der Waals surface area contributed by atoms with Crippen LogP contribution >= 0.6 is 0 Å². The maximum Gasteiger partial charge on any atom is 0.326 e. The molecule has 12 nitrogen and oxygen atoms in total. The van der Waals surface area contributed by atoms with E-state index in [1.54, 1.807) is 12.1 Å². The van der Waals surface area contributed by atoms with E-state index in [-0.39, 0.29) is 25.1 Å². The Balaban J connectivity index is 2.20. The molecule has 36 heavy (non-hydrogen) atoms. The number of phenols is 1. The minimum Gasteiger partial charge on any atom is -0.508 e. The number of nitrogens with two attached hydrogens (primary N) is 2. The van der Waals surface area contributed by atoms with E-state index in [9.17, 15) is 34.5 Å². The Labute approximate surface area is 210 Å². The van der Waals surface area contributed by atoms with Gasteiger partial charge in [-0.05, 0) is 63.3 Å². The third-order valence-electron chi connectivity index (χ3n) is 6.21. The van der Waals surface area contributed by atoms with Crippen LogP contribution in [0, 0.1) is 0 Å². The number of carbonyl (C=O) groups is 4. The highest BCUT2D eigenvalue weighted by molar-refractivity contribution is 5.94. The molecule has 9 N–H and O–H groups in total. The van der Waals surface area contributed by atoms with E-state index in [0.29, 0.717) is 37.8 Å². The first-order chi connectivity index (χ1) is 17.0. The number of phenolic OH excluding ortho intramolecular Hbond substituents is 1. The molecule has 2 rings (SSSR count). The van der Waals surface area contributed by atoms with Crippen molar-refractivity contribution in [3.8, 4) is 5.75 Å². The monoisotopic (exact) mass is 507 g/mol. The van der Waals surface area contributed by atoms with Gasteiger partial charge in [0.2, 0.25) is 17.7 Å². The van der Waals surface area contributed by atoms with Crippen molar-refractivity contribution >= 4 is 23.7 Å². The molecule has 5 atom stereocenters. The molecular formula is C24H37N5O7. The van der Waals surface area contributed by atoms with E-state index in [0.717, 1.165) is 0 Å². The molecule has 3 amide bonds. The number of likely N-dealkylation sites (tertiary alicyclic amines) is 1. The van der Waals surface area contributed by atoms with Gasteiger partial charge in [0, 0.05) is 13.0 Å². The number of aliphatic carboxylic acids is 1. The van der Waals surface area contributed by atoms with Crippen molar-refractivity contribution in [2.24, 2.45) is 11.5 Å². The molecule has 5 unspecified atom stereocenters. The number of carboxylic acid groups (broad SMARTS) is 1. The van der Waals surface area contributed by atoms with Crippen molar-refractivity contribution in [2.45, 2.75) is 75.7 Å². The highest BCUT2D eigenvalue weighted by atomic mass is 16.4. The number of hydrogen-bond donors (Lipinski definition) is 7. The lowest BCUT2D eigenvalue weighted by atomic mass is 10.0. The SMILES string of the molecule is CC(O)C(N)C(=O)NC(Cc1ccc(O)cc1)C(=O)N1CCCC1C(=O)NC(CCCCN)C(=O)O. The minimum absolute atomic E-state index is 0.0394. The molecule has 0 spiro atoms. The average molecular weight is 508 g/mol. The van der Waals surface area contributed by atoms with Crippen LogP contribution in [0.25, 0.3) is 0 Å². The standard InChI is InChI=1S/C24H37N5O7/c1-14(30)20(26)22(33)28-18(13-15-7-9-16(31)10-8-15)23(34)29-12-4-6-19(29)21(32)27-17(24(35)36)5-2-3-11-25/h7-10,14,17-20,30-31H,2-6,11-13,25-26H2,1H3,(H,27,32)(H,28,33)(H,35,36). The number of rotatable bonds is 13. The number of aliphatic hydroxyl groups is 1. The fourth-order valence-electron chi connectivity index (χ4n) is 4.08. The van der Waals surface area contributed by atoms with Gasteiger partial charge in [0.15, 0.2) is 0 Å². The van der Waals surface area contributed by atoms with Gasteiger partial charge in [-0.15, -0.1) is 0 Å². The summed E-state index contributed by atoms with van der Waals surface area (Å²) in [5, 5.41) is 33.8. The molecule has 1 aliphatic heterocycles. The number of aliphatic hydroxyl groups excluding tert-OH is 1. The number of hydrogen-bond acceptors (Lipinski definition) is 8. The first kappa shape index (κ1) is 29.0. The van der Waals surface area contributed by atoms with Crippen LogP contribution in [0.3, 0.4) is 0 Å². The van der Waals surface area contributed by atoms with E-state index >= 15 is 0 Å². The first-order valence-corrected chi connectivity index (χ1v) is 12.1. The number of aromatic hydroxyl groups is 1. The lowest BCUT2D eigenvalue weighted by molar-refractivity contribution is -0.145. The number of carboxylic acids is 1. The summed E-state index contributed by atoms with van der Waals surface area (Å²) in [6, 6.07) is 1.75. The summed E-state index contributed by atoms with van der Waals surface area (Å²) in [5.74, 6) is -2.95. The smallest absolute Gasteiger partial charge is 0.326 e. The van der Waals surface area contributed by atoms with Crippen LogP contribution in [0.1, 0.15) is 44.6 Å². The van der Waals surface area contributed by atoms with E-state index in [1.165, 1.54) is 24.0 Å². The Bertz CT molecular complexity index is 909. The van der Waals surface area contributed by atoms with Crippen molar-refractivity contribution in [3.05, 3.63) is 29.8 Å². The van der Waals surface area contributed by atoms with Gasteiger partial charge < -0.3 is 42.3 Å². The van der Waals surface area contributed by atoms with Crippen molar-refractivity contribution in [3.63, 3.8) is 0 Å². The molecule has 0 aliphatic carbocycles. The van der Waals surface area contributed by atoms with Crippen LogP contribution in [0.5, 0.6) is 5.75 Å². The fraction of sp³-hybridized carbons (Fsp3) is 0.583. The Kier molecular flexibility index (Phi) is 11.1. The van der Waals surface area contributed by atoms with E-state index in [4.69, 9.17) is 11.5 Å². The normalized spacial score (nSPS) is 18.7. The first-order valence-electron chi connectivity index (χ1n) is 12.1. The van der Waals surface area contributed by atoms with Gasteiger partial charge in [0.1, 0.15) is 29.9 Å². The number of amides is 3. The summed E-state index contributed by atoms with van der Waals surface area (Å²) < 4.78 is 0. The second-order valence-corrected chi connectivity index (χ2v) is 9.07. The molecule has 1 aromatic carbocycles. The Hall–Kier alpha value is -3.22. The maximum absolute atomic E-state index is 13.5. The number of benzene rings is 1. The summed E-state index contributed by atoms with van der Waals surface area (Å²) in [5.41, 5.74) is 11.8. The molecule has 1 saturated heterocycles. The Morgan fingerprint density at radius 2 is 1.78 bits per heavy atom. The largest absolute Gasteiger partial charge is 0.508 e. The predicted octanol–water partition coefficient (Wildman–Crippen LogP) is -1.18. The quantitative estimate of drug-likeness (QED) is 0.160. The second kappa shape index (κ2) is 13.8. The maximum atomic E-state index is 13.5. The van der Waals surface area contributed by atoms with Crippen molar-refractivity contribution < 1.29 is 34.5 Å². The molecule has 200 valence electrons. The number of nitrogens with one attached hydrogen (secondary N) is 2. The lowest BCUT2D eigenvalue weighted by Crippen LogP contribution is -2.58. The average Bonchev–Trinajstić information content (AvgIpc) is 3.33. The zero-order valence-electron chi connectivity index (χ0n) is 20.4. The third kappa shape index (κ3) is 8.18. The van der Waals surface area contributed by atoms with Gasteiger partial charge in [0.05, 0.1) is 6.10 Å². The lowest BCUT2D eigenvalue weighted by Gasteiger charge is -2.30. The second-order valence-electron chi connectivity index (χ2n) is 9.07. The third-order valence-corrected chi connectivity index (χ3v) is 6.21. The number of nitrogens with zero attached hydrogens (tertiary/aromatic N) is 1. The topological polar surface area (TPSA) is 208 Å². The number of unbranched alkanes of at least 4 members (excludes halogenated alkanes) is 1. The van der Waals surface area contributed by atoms with E-state index in [1.807, 2.05) is 0 Å². The van der Waals surface area contributed by atoms with Crippen LogP contribution in [-0.4, -0.2) is 87.3 Å². The summed E-state index contributed by atoms with van der Waals surface area (Å²) in [4.78, 5) is 52.0. The molecule has 1 aliphatic rings. The van der Waals surface area contributed by atoms with Crippen LogP contribution in [0.2, 0.25) is 0 Å². The molecular weight excluding hydrogens is 470 g/mol. The minimum atomic E-state index is -1.26. The molecule has 12 heteroatoms. The van der Waals surface area contributed by atoms with Crippen molar-refractivity contribution in [1.82, 2.24) is 15.5 Å². The van der Waals surface area contributed by atoms with E-state index in [2.05, 4.69) is 10.6 Å². The highest BCUT2D eigenvalue weighted by Crippen LogP contribution is 2.21. The summed E-state index contributed by atoms with van der Waals surface area (Å²) in [6.45, 7) is 2.03. The predicted molar refractivity (Wildman–Crippen MR) is 131 cm³/mol. The van der Waals surface area contributed by atoms with Gasteiger partial charge >= 0.3 is 5.97 Å². The highest BCUT2D eigenvalue weighted by Gasteiger charge is 2.39. The van der Waals surface area contributed by atoms with Crippen molar-refractivity contribution in [2.75, 3.05) is 13.1 Å². The molecule has 1 aromatic rings. The molecule has 0 saturated carbocycles. The fourth-order valence-corrected chi connectivity index (χ4v) is 4.08. The van der Waals surface area contributed by atoms with Gasteiger partial charge in [0.25, 0.3) is 0 Å². The van der Waals surface area contributed by atoms with Crippen LogP contribution in [0.4, 0.5) is 0 Å². The Morgan fingerprint density at radius 3 is 2.36 bits per heavy atom. The molecule has 0 bridgehead atoms. The van der Waals surface area contributed by atoms with Gasteiger partial charge in [-0.25, -0.2) is 4.79 Å². The van der Waals surface area contributed by atoms with Crippen LogP contribution in [-0.2, 0) is 25.6 Å². The van der Waals surface area contributed by atoms with Gasteiger partial charge in [-0.1, -0.05) is 12.1 Å². The summed E-state index contributed by atoms with van der Waals surface area (Å²) in [6.07, 6.45) is 1.16. The zero-order chi connectivity index (χ0) is 26.8. The zero-order valence-corrected chi connectivity index (χ0v) is 20.4. The summed E-state index contributed by atoms with van der Waals surface area (Å²) >= 11 is 0.